The highest BCUT2D eigenvalue weighted by atomic mass is 32.2. The van der Waals surface area contributed by atoms with Gasteiger partial charge in [-0.15, -0.1) is 11.3 Å². The molecular formula is C20H20FN3O2S2. The van der Waals surface area contributed by atoms with Crippen LogP contribution in [0.3, 0.4) is 0 Å². The normalized spacial score (nSPS) is 14.8. The van der Waals surface area contributed by atoms with E-state index < -0.39 is 17.0 Å². The molecule has 2 aromatic heterocycles. The fourth-order valence-corrected chi connectivity index (χ4v) is 5.86. The van der Waals surface area contributed by atoms with Gasteiger partial charge in [0.15, 0.2) is 5.16 Å². The largest absolute Gasteiger partial charge is 0.369 e. The summed E-state index contributed by atoms with van der Waals surface area (Å²) in [4.78, 5) is 31.8. The molecule has 0 fully saturated rings. The van der Waals surface area contributed by atoms with Crippen molar-refractivity contribution in [2.45, 2.75) is 49.4 Å². The second kappa shape index (κ2) is 7.67. The molecule has 0 spiro atoms. The van der Waals surface area contributed by atoms with Crippen molar-refractivity contribution in [1.29, 1.82) is 0 Å². The van der Waals surface area contributed by atoms with E-state index in [1.165, 1.54) is 26.8 Å². The van der Waals surface area contributed by atoms with E-state index in [1.807, 2.05) is 6.92 Å². The quantitative estimate of drug-likeness (QED) is 0.506. The van der Waals surface area contributed by atoms with Gasteiger partial charge in [-0.05, 0) is 49.8 Å². The molecule has 5 nitrogen and oxygen atoms in total. The molecule has 2 N–H and O–H groups in total. The Morgan fingerprint density at radius 3 is 2.82 bits per heavy atom. The number of benzene rings is 1. The number of para-hydroxylation sites is 1. The number of hydrogen-bond donors (Lipinski definition) is 1. The second-order valence-corrected chi connectivity index (χ2v) is 9.05. The standard InChI is InChI=1S/C20H20FN3O2S2/c1-2-14(17(22)25)28-20-23-18-16(11-7-3-6-10-15(11)27-18)19(26)24(20)13-9-5-4-8-12(13)21/h4-5,8-9,14H,2-3,6-7,10H2,1H3,(H2,22,25). The van der Waals surface area contributed by atoms with Crippen molar-refractivity contribution in [2.24, 2.45) is 5.73 Å². The minimum Gasteiger partial charge on any atom is -0.369 e. The van der Waals surface area contributed by atoms with Gasteiger partial charge in [-0.3, -0.25) is 14.2 Å². The van der Waals surface area contributed by atoms with Crippen LogP contribution in [-0.2, 0) is 17.6 Å². The van der Waals surface area contributed by atoms with Crippen LogP contribution in [0.2, 0.25) is 0 Å². The van der Waals surface area contributed by atoms with Crippen LogP contribution in [-0.4, -0.2) is 20.7 Å². The molecule has 3 aromatic rings. The van der Waals surface area contributed by atoms with Crippen molar-refractivity contribution in [3.05, 3.63) is 50.9 Å². The summed E-state index contributed by atoms with van der Waals surface area (Å²) in [6, 6.07) is 6.12. The van der Waals surface area contributed by atoms with Crippen LogP contribution in [0.4, 0.5) is 4.39 Å². The highest BCUT2D eigenvalue weighted by molar-refractivity contribution is 8.00. The Morgan fingerprint density at radius 2 is 2.11 bits per heavy atom. The summed E-state index contributed by atoms with van der Waals surface area (Å²) in [6.45, 7) is 1.84. The molecule has 1 aliphatic carbocycles. The number of aryl methyl sites for hydroxylation is 2. The molecule has 28 heavy (non-hydrogen) atoms. The van der Waals surface area contributed by atoms with Crippen molar-refractivity contribution in [1.82, 2.24) is 9.55 Å². The molecule has 1 unspecified atom stereocenters. The van der Waals surface area contributed by atoms with E-state index in [-0.39, 0.29) is 11.2 Å². The average molecular weight is 418 g/mol. The van der Waals surface area contributed by atoms with Gasteiger partial charge in [0.1, 0.15) is 10.6 Å². The number of thioether (sulfide) groups is 1. The van der Waals surface area contributed by atoms with Gasteiger partial charge in [0.2, 0.25) is 5.91 Å². The maximum Gasteiger partial charge on any atom is 0.267 e. The predicted molar refractivity (Wildman–Crippen MR) is 111 cm³/mol. The monoisotopic (exact) mass is 417 g/mol. The number of halogens is 1. The van der Waals surface area contributed by atoms with E-state index >= 15 is 0 Å². The van der Waals surface area contributed by atoms with Crippen molar-refractivity contribution < 1.29 is 9.18 Å². The summed E-state index contributed by atoms with van der Waals surface area (Å²) < 4.78 is 15.9. The van der Waals surface area contributed by atoms with Gasteiger partial charge in [0.25, 0.3) is 5.56 Å². The average Bonchev–Trinajstić information content (AvgIpc) is 3.05. The summed E-state index contributed by atoms with van der Waals surface area (Å²) in [5, 5.41) is 0.336. The molecule has 1 aliphatic rings. The molecule has 0 aliphatic heterocycles. The van der Waals surface area contributed by atoms with Gasteiger partial charge in [-0.25, -0.2) is 9.37 Å². The molecule has 1 amide bonds. The Kier molecular flexibility index (Phi) is 5.25. The van der Waals surface area contributed by atoms with E-state index in [0.717, 1.165) is 43.0 Å². The third-order valence-corrected chi connectivity index (χ3v) is 7.51. The first-order valence-electron chi connectivity index (χ1n) is 9.29. The zero-order valence-corrected chi connectivity index (χ0v) is 17.0. The van der Waals surface area contributed by atoms with Crippen molar-refractivity contribution >= 4 is 39.2 Å². The van der Waals surface area contributed by atoms with Crippen molar-refractivity contribution in [2.75, 3.05) is 0 Å². The van der Waals surface area contributed by atoms with E-state index in [4.69, 9.17) is 10.7 Å². The van der Waals surface area contributed by atoms with Crippen LogP contribution in [0, 0.1) is 5.82 Å². The number of aromatic nitrogens is 2. The highest BCUT2D eigenvalue weighted by Crippen LogP contribution is 2.36. The Morgan fingerprint density at radius 1 is 1.36 bits per heavy atom. The summed E-state index contributed by atoms with van der Waals surface area (Å²) in [5.41, 5.74) is 6.40. The SMILES string of the molecule is CCC(Sc1nc2sc3c(c2c(=O)n1-c1ccccc1F)CCCC3)C(N)=O. The van der Waals surface area contributed by atoms with E-state index in [2.05, 4.69) is 0 Å². The predicted octanol–water partition coefficient (Wildman–Crippen LogP) is 3.82. The van der Waals surface area contributed by atoms with Crippen molar-refractivity contribution in [3.63, 3.8) is 0 Å². The number of fused-ring (bicyclic) bond motifs is 3. The molecule has 0 bridgehead atoms. The molecule has 0 radical (unpaired) electrons. The number of nitrogens with zero attached hydrogens (tertiary/aromatic N) is 2. The fourth-order valence-electron chi connectivity index (χ4n) is 3.58. The molecule has 1 atom stereocenters. The van der Waals surface area contributed by atoms with Crippen LogP contribution in [0.1, 0.15) is 36.6 Å². The number of thiophene rings is 1. The zero-order chi connectivity index (χ0) is 19.8. The van der Waals surface area contributed by atoms with Crippen LogP contribution < -0.4 is 11.3 Å². The molecule has 4 rings (SSSR count). The lowest BCUT2D eigenvalue weighted by atomic mass is 9.97. The third-order valence-electron chi connectivity index (χ3n) is 4.99. The van der Waals surface area contributed by atoms with E-state index in [9.17, 15) is 14.0 Å². The second-order valence-electron chi connectivity index (χ2n) is 6.79. The van der Waals surface area contributed by atoms with Crippen LogP contribution in [0.25, 0.3) is 15.9 Å². The topological polar surface area (TPSA) is 78.0 Å². The van der Waals surface area contributed by atoms with Gasteiger partial charge in [0.05, 0.1) is 16.3 Å². The van der Waals surface area contributed by atoms with Gasteiger partial charge in [-0.1, -0.05) is 30.8 Å². The lowest BCUT2D eigenvalue weighted by Crippen LogP contribution is -2.28. The summed E-state index contributed by atoms with van der Waals surface area (Å²) in [7, 11) is 0. The Labute approximate surface area is 169 Å². The minimum absolute atomic E-state index is 0.138. The summed E-state index contributed by atoms with van der Waals surface area (Å²) in [5.74, 6) is -0.990. The summed E-state index contributed by atoms with van der Waals surface area (Å²) >= 11 is 2.65. The van der Waals surface area contributed by atoms with Gasteiger partial charge >= 0.3 is 0 Å². The number of hydrogen-bond acceptors (Lipinski definition) is 5. The number of amides is 1. The first kappa shape index (κ1) is 19.1. The minimum atomic E-state index is -0.544. The Hall–Kier alpha value is -2.19. The molecule has 0 saturated heterocycles. The molecule has 2 heterocycles. The number of carbonyl (C=O) groups excluding carboxylic acids is 1. The zero-order valence-electron chi connectivity index (χ0n) is 15.4. The van der Waals surface area contributed by atoms with E-state index in [1.54, 1.807) is 18.2 Å². The third kappa shape index (κ3) is 3.24. The number of nitrogens with two attached hydrogens (primary N) is 1. The number of primary amides is 1. The molecular weight excluding hydrogens is 397 g/mol. The van der Waals surface area contributed by atoms with Crippen LogP contribution >= 0.6 is 23.1 Å². The van der Waals surface area contributed by atoms with Crippen LogP contribution in [0.5, 0.6) is 0 Å². The van der Waals surface area contributed by atoms with Gasteiger partial charge < -0.3 is 5.73 Å². The fraction of sp³-hybridized carbons (Fsp3) is 0.350. The Balaban J connectivity index is 2.01. The Bertz CT molecular complexity index is 1120. The van der Waals surface area contributed by atoms with Gasteiger partial charge in [0, 0.05) is 4.88 Å². The molecule has 1 aromatic carbocycles. The lowest BCUT2D eigenvalue weighted by Gasteiger charge is -2.16. The maximum absolute atomic E-state index is 14.6. The molecule has 0 saturated carbocycles. The van der Waals surface area contributed by atoms with Crippen molar-refractivity contribution in [3.8, 4) is 5.69 Å². The number of rotatable bonds is 5. The van der Waals surface area contributed by atoms with Gasteiger partial charge in [-0.2, -0.15) is 0 Å². The molecule has 146 valence electrons. The first-order chi connectivity index (χ1) is 13.5. The molecule has 8 heteroatoms. The summed E-state index contributed by atoms with van der Waals surface area (Å²) in [6.07, 6.45) is 4.41. The number of carbonyl (C=O) groups is 1. The van der Waals surface area contributed by atoms with Crippen LogP contribution in [0.15, 0.2) is 34.2 Å². The maximum atomic E-state index is 14.6. The first-order valence-corrected chi connectivity index (χ1v) is 11.0. The smallest absolute Gasteiger partial charge is 0.267 e. The lowest BCUT2D eigenvalue weighted by molar-refractivity contribution is -0.117. The highest BCUT2D eigenvalue weighted by Gasteiger charge is 2.26. The van der Waals surface area contributed by atoms with E-state index in [0.29, 0.717) is 21.8 Å².